The van der Waals surface area contributed by atoms with Gasteiger partial charge in [0.05, 0.1) is 19.3 Å². The van der Waals surface area contributed by atoms with Crippen molar-refractivity contribution < 1.29 is 13.9 Å². The Morgan fingerprint density at radius 2 is 1.74 bits per heavy atom. The molecule has 0 N–H and O–H groups in total. The predicted molar refractivity (Wildman–Crippen MR) is 114 cm³/mol. The molecule has 3 rings (SSSR count). The number of fused-ring (bicyclic) bond motifs is 2. The number of allylic oxidation sites excluding steroid dienone is 1. The summed E-state index contributed by atoms with van der Waals surface area (Å²) in [7, 11) is -1.83. The van der Waals surface area contributed by atoms with Crippen LogP contribution in [0.25, 0.3) is 0 Å². The fourth-order valence-corrected chi connectivity index (χ4v) is 7.51. The van der Waals surface area contributed by atoms with Gasteiger partial charge >= 0.3 is 0 Å². The van der Waals surface area contributed by atoms with E-state index in [2.05, 4.69) is 60.4 Å². The molecule has 4 atom stereocenters. The van der Waals surface area contributed by atoms with E-state index in [1.54, 1.807) is 0 Å². The predicted octanol–water partition coefficient (Wildman–Crippen LogP) is 6.30. The first-order valence-corrected chi connectivity index (χ1v) is 13.9. The van der Waals surface area contributed by atoms with Gasteiger partial charge < -0.3 is 13.9 Å². The molecule has 0 aromatic rings. The van der Waals surface area contributed by atoms with Crippen molar-refractivity contribution in [2.24, 2.45) is 16.7 Å². The highest BCUT2D eigenvalue weighted by Gasteiger charge is 2.65. The van der Waals surface area contributed by atoms with Gasteiger partial charge in [0.1, 0.15) is 0 Å². The third-order valence-electron chi connectivity index (χ3n) is 8.68. The van der Waals surface area contributed by atoms with Crippen molar-refractivity contribution in [1.82, 2.24) is 0 Å². The summed E-state index contributed by atoms with van der Waals surface area (Å²) in [4.78, 5) is 0. The summed E-state index contributed by atoms with van der Waals surface area (Å²) in [6.07, 6.45) is 9.10. The van der Waals surface area contributed by atoms with Crippen molar-refractivity contribution in [2.75, 3.05) is 13.2 Å². The molecule has 0 amide bonds. The Morgan fingerprint density at radius 3 is 2.30 bits per heavy atom. The second-order valence-electron chi connectivity index (χ2n) is 11.2. The van der Waals surface area contributed by atoms with Crippen molar-refractivity contribution in [3.05, 3.63) is 12.7 Å². The normalized spacial score (nSPS) is 39.4. The second-order valence-corrected chi connectivity index (χ2v) is 16.0. The number of ether oxygens (including phenoxy) is 2. The van der Waals surface area contributed by atoms with E-state index in [-0.39, 0.29) is 21.7 Å². The average Bonchev–Trinajstić information content (AvgIpc) is 3.02. The maximum absolute atomic E-state index is 7.07. The Labute approximate surface area is 168 Å². The molecule has 0 unspecified atom stereocenters. The summed E-state index contributed by atoms with van der Waals surface area (Å²) in [5.74, 6) is 0.165. The Morgan fingerprint density at radius 1 is 1.11 bits per heavy atom. The van der Waals surface area contributed by atoms with Gasteiger partial charge in [-0.3, -0.25) is 0 Å². The molecule has 3 fully saturated rings. The molecule has 27 heavy (non-hydrogen) atoms. The smallest absolute Gasteiger partial charge is 0.192 e. The molecule has 1 aliphatic heterocycles. The van der Waals surface area contributed by atoms with E-state index in [0.29, 0.717) is 12.0 Å². The zero-order valence-electron chi connectivity index (χ0n) is 18.8. The fourth-order valence-electron chi connectivity index (χ4n) is 6.06. The molecule has 156 valence electrons. The van der Waals surface area contributed by atoms with Crippen molar-refractivity contribution in [3.63, 3.8) is 0 Å². The summed E-state index contributed by atoms with van der Waals surface area (Å²) in [5, 5.41) is 0.230. The Kier molecular flexibility index (Phi) is 5.56. The van der Waals surface area contributed by atoms with Gasteiger partial charge in [0.25, 0.3) is 0 Å². The van der Waals surface area contributed by atoms with Gasteiger partial charge in [-0.25, -0.2) is 0 Å². The number of hydrogen-bond donors (Lipinski definition) is 0. The zero-order valence-corrected chi connectivity index (χ0v) is 19.8. The molecule has 2 aliphatic carbocycles. The minimum Gasteiger partial charge on any atom is -0.413 e. The first-order valence-electron chi connectivity index (χ1n) is 11.0. The van der Waals surface area contributed by atoms with E-state index >= 15 is 0 Å². The van der Waals surface area contributed by atoms with Crippen LogP contribution in [0, 0.1) is 16.7 Å². The lowest BCUT2D eigenvalue weighted by atomic mass is 9.47. The summed E-state index contributed by atoms with van der Waals surface area (Å²) in [6.45, 7) is 22.3. The van der Waals surface area contributed by atoms with Crippen LogP contribution in [0.15, 0.2) is 12.7 Å². The summed E-state index contributed by atoms with van der Waals surface area (Å²) < 4.78 is 19.7. The molecule has 0 radical (unpaired) electrons. The van der Waals surface area contributed by atoms with E-state index in [9.17, 15) is 0 Å². The largest absolute Gasteiger partial charge is 0.413 e. The maximum atomic E-state index is 7.07. The van der Waals surface area contributed by atoms with Crippen LogP contribution in [-0.4, -0.2) is 33.4 Å². The molecular weight excluding hydrogens is 352 g/mol. The lowest BCUT2D eigenvalue weighted by molar-refractivity contribution is -0.300. The highest BCUT2D eigenvalue weighted by molar-refractivity contribution is 6.74. The minimum atomic E-state index is -1.83. The van der Waals surface area contributed by atoms with Gasteiger partial charge in [-0.05, 0) is 61.6 Å². The van der Waals surface area contributed by atoms with Gasteiger partial charge in [-0.1, -0.05) is 40.7 Å². The lowest BCUT2D eigenvalue weighted by Crippen LogP contribution is -2.64. The monoisotopic (exact) mass is 394 g/mol. The molecule has 1 heterocycles. The van der Waals surface area contributed by atoms with Gasteiger partial charge in [0.15, 0.2) is 14.1 Å². The van der Waals surface area contributed by atoms with Crippen molar-refractivity contribution in [3.8, 4) is 0 Å². The molecule has 0 aromatic carbocycles. The van der Waals surface area contributed by atoms with Crippen molar-refractivity contribution in [1.29, 1.82) is 0 Å². The molecule has 4 heteroatoms. The lowest BCUT2D eigenvalue weighted by Gasteiger charge is -2.63. The highest BCUT2D eigenvalue weighted by Crippen LogP contribution is 2.65. The molecule has 2 saturated carbocycles. The Balaban J connectivity index is 1.96. The molecule has 0 aromatic heterocycles. The Hall–Kier alpha value is -0.163. The van der Waals surface area contributed by atoms with Crippen molar-refractivity contribution >= 4 is 8.32 Å². The van der Waals surface area contributed by atoms with E-state index in [4.69, 9.17) is 13.9 Å². The summed E-state index contributed by atoms with van der Waals surface area (Å²) >= 11 is 0. The number of rotatable bonds is 4. The first-order chi connectivity index (χ1) is 12.4. The molecule has 1 saturated heterocycles. The average molecular weight is 395 g/mol. The molecule has 3 aliphatic rings. The Bertz CT molecular complexity index is 560. The van der Waals surface area contributed by atoms with E-state index in [0.717, 1.165) is 38.9 Å². The SMILES string of the molecule is C=CC[C@]1(C)[C@@H](O[Si](C)(C)C(C)(C)C)CC[C@@]2(C)[C@H]1CCCC21OCCO1. The van der Waals surface area contributed by atoms with Crippen LogP contribution in [0.3, 0.4) is 0 Å². The van der Waals surface area contributed by atoms with Crippen LogP contribution in [0.2, 0.25) is 18.1 Å². The van der Waals surface area contributed by atoms with Crippen molar-refractivity contribution in [2.45, 2.75) is 103 Å². The molecular formula is C23H42O3Si. The zero-order chi connectivity index (χ0) is 20.1. The van der Waals surface area contributed by atoms with Crippen LogP contribution < -0.4 is 0 Å². The summed E-state index contributed by atoms with van der Waals surface area (Å²) in [6, 6.07) is 0. The summed E-state index contributed by atoms with van der Waals surface area (Å²) in [5.41, 5.74) is 0.153. The standard InChI is InChI=1S/C23H42O3Si/c1-9-13-21(5)18-11-10-14-23(24-16-17-25-23)22(18,6)15-12-19(21)26-27(7,8)20(2,3)4/h9,18-19H,1,10-17H2,2-8H3/t18-,19-,21-,22-/m0/s1. The van der Waals surface area contributed by atoms with Crippen LogP contribution >= 0.6 is 0 Å². The van der Waals surface area contributed by atoms with E-state index in [1.165, 1.54) is 12.8 Å². The van der Waals surface area contributed by atoms with Crippen LogP contribution in [0.1, 0.15) is 73.1 Å². The third kappa shape index (κ3) is 3.29. The quantitative estimate of drug-likeness (QED) is 0.413. The highest BCUT2D eigenvalue weighted by atomic mass is 28.4. The van der Waals surface area contributed by atoms with Crippen LogP contribution in [0.5, 0.6) is 0 Å². The van der Waals surface area contributed by atoms with Gasteiger partial charge in [-0.2, -0.15) is 0 Å². The molecule has 1 spiro atoms. The van der Waals surface area contributed by atoms with Gasteiger partial charge in [-0.15, -0.1) is 6.58 Å². The topological polar surface area (TPSA) is 27.7 Å². The van der Waals surface area contributed by atoms with Crippen LogP contribution in [-0.2, 0) is 13.9 Å². The first kappa shape index (κ1) is 21.5. The van der Waals surface area contributed by atoms with Gasteiger partial charge in [0, 0.05) is 11.8 Å². The maximum Gasteiger partial charge on any atom is 0.192 e. The third-order valence-corrected chi connectivity index (χ3v) is 13.2. The second kappa shape index (κ2) is 6.96. The molecule has 3 nitrogen and oxygen atoms in total. The minimum absolute atomic E-state index is 0.0623. The van der Waals surface area contributed by atoms with Gasteiger partial charge in [0.2, 0.25) is 0 Å². The van der Waals surface area contributed by atoms with Crippen LogP contribution in [0.4, 0.5) is 0 Å². The van der Waals surface area contributed by atoms with E-state index in [1.807, 2.05) is 0 Å². The number of hydrogen-bond acceptors (Lipinski definition) is 3. The molecule has 0 bridgehead atoms. The van der Waals surface area contributed by atoms with E-state index < -0.39 is 8.32 Å². The fraction of sp³-hybridized carbons (Fsp3) is 0.913.